The summed E-state index contributed by atoms with van der Waals surface area (Å²) in [5.74, 6) is -0.0312. The first-order valence-electron chi connectivity index (χ1n) is 6.30. The summed E-state index contributed by atoms with van der Waals surface area (Å²) in [4.78, 5) is 24.6. The molecule has 1 amide bonds. The van der Waals surface area contributed by atoms with E-state index in [0.717, 1.165) is 31.8 Å². The maximum Gasteiger partial charge on any atom is 0.262 e. The number of amides is 1. The Morgan fingerprint density at radius 1 is 1.37 bits per heavy atom. The van der Waals surface area contributed by atoms with Crippen molar-refractivity contribution in [1.82, 2.24) is 15.1 Å². The van der Waals surface area contributed by atoms with E-state index in [0.29, 0.717) is 18.0 Å². The minimum Gasteiger partial charge on any atom is -0.304 e. The number of nitrogens with one attached hydrogen (secondary N) is 2. The Balaban J connectivity index is 1.78. The highest BCUT2D eigenvalue weighted by Gasteiger charge is 2.30. The maximum absolute atomic E-state index is 11.9. The van der Waals surface area contributed by atoms with Crippen LogP contribution in [0.1, 0.15) is 0 Å². The highest BCUT2D eigenvalue weighted by Crippen LogP contribution is 2.18. The summed E-state index contributed by atoms with van der Waals surface area (Å²) in [5.41, 5.74) is 1.42. The topological polar surface area (TPSA) is 84.1 Å². The van der Waals surface area contributed by atoms with Crippen LogP contribution in [-0.2, 0) is 4.79 Å². The van der Waals surface area contributed by atoms with Crippen molar-refractivity contribution in [1.29, 1.82) is 5.41 Å². The Morgan fingerprint density at radius 3 is 2.84 bits per heavy atom. The van der Waals surface area contributed by atoms with E-state index in [4.69, 9.17) is 5.41 Å². The molecular formula is C12H16N6O. The minimum atomic E-state index is -0.267. The van der Waals surface area contributed by atoms with E-state index in [-0.39, 0.29) is 11.9 Å². The summed E-state index contributed by atoms with van der Waals surface area (Å²) in [6.45, 7) is 4.78. The lowest BCUT2D eigenvalue weighted by atomic mass is 10.1. The van der Waals surface area contributed by atoms with Gasteiger partial charge in [0.05, 0.1) is 5.57 Å². The molecule has 0 aliphatic carbocycles. The molecule has 7 nitrogen and oxygen atoms in total. The van der Waals surface area contributed by atoms with Crippen LogP contribution in [0, 0.1) is 5.41 Å². The minimum absolute atomic E-state index is 0.137. The molecule has 3 heterocycles. The molecule has 0 aromatic rings. The van der Waals surface area contributed by atoms with Crippen molar-refractivity contribution < 1.29 is 4.79 Å². The van der Waals surface area contributed by atoms with Gasteiger partial charge in [-0.3, -0.25) is 20.4 Å². The highest BCUT2D eigenvalue weighted by molar-refractivity contribution is 6.35. The van der Waals surface area contributed by atoms with Gasteiger partial charge in [-0.1, -0.05) is 0 Å². The van der Waals surface area contributed by atoms with Crippen LogP contribution in [0.4, 0.5) is 0 Å². The summed E-state index contributed by atoms with van der Waals surface area (Å²) in [7, 11) is 2.11. The first-order chi connectivity index (χ1) is 9.13. The number of likely N-dealkylation sites (N-methyl/N-ethyl adjacent to an activating group) is 1. The van der Waals surface area contributed by atoms with E-state index >= 15 is 0 Å². The number of aliphatic imine (C=N–C) groups is 2. The lowest BCUT2D eigenvalue weighted by molar-refractivity contribution is -0.115. The van der Waals surface area contributed by atoms with E-state index in [1.807, 2.05) is 0 Å². The fourth-order valence-electron chi connectivity index (χ4n) is 2.41. The van der Waals surface area contributed by atoms with Gasteiger partial charge in [0.25, 0.3) is 5.91 Å². The summed E-state index contributed by atoms with van der Waals surface area (Å²) in [6.07, 6.45) is 1.70. The third-order valence-corrected chi connectivity index (χ3v) is 3.55. The molecule has 0 spiro atoms. The summed E-state index contributed by atoms with van der Waals surface area (Å²) in [5, 5.41) is 9.80. The zero-order valence-corrected chi connectivity index (χ0v) is 10.8. The van der Waals surface area contributed by atoms with Crippen LogP contribution in [0.5, 0.6) is 0 Å². The average molecular weight is 260 g/mol. The molecule has 0 aromatic carbocycles. The van der Waals surface area contributed by atoms with Gasteiger partial charge >= 0.3 is 0 Å². The number of carbonyl (C=O) groups excluding carboxylic acids is 1. The van der Waals surface area contributed by atoms with Crippen LogP contribution in [0.3, 0.4) is 0 Å². The van der Waals surface area contributed by atoms with Gasteiger partial charge in [0, 0.05) is 44.5 Å². The van der Waals surface area contributed by atoms with E-state index in [9.17, 15) is 4.79 Å². The van der Waals surface area contributed by atoms with Crippen LogP contribution >= 0.6 is 0 Å². The lowest BCUT2D eigenvalue weighted by Gasteiger charge is -2.32. The van der Waals surface area contributed by atoms with Crippen molar-refractivity contribution >= 4 is 23.9 Å². The molecule has 0 unspecified atom stereocenters. The molecule has 0 aromatic heterocycles. The number of rotatable bonds is 2. The van der Waals surface area contributed by atoms with Crippen LogP contribution < -0.4 is 5.32 Å². The number of nitrogens with zero attached hydrogens (tertiary/aromatic N) is 4. The standard InChI is InChI=1S/C12H16N6O/c1-17-2-4-18(5-3-17)7-8-6-14-10-9(8)11(19)16-12(13)15-10/h6H,2-5,7H2,1H3,(H2,13,16,19). The second-order valence-corrected chi connectivity index (χ2v) is 4.98. The number of guanidine groups is 1. The molecule has 7 heteroatoms. The SMILES string of the molecule is CN1CCN(CC2=C3C(=O)NC(=N)N=C3N=C2)CC1. The van der Waals surface area contributed by atoms with Gasteiger partial charge in [-0.15, -0.1) is 0 Å². The monoisotopic (exact) mass is 260 g/mol. The van der Waals surface area contributed by atoms with Crippen molar-refractivity contribution in [2.24, 2.45) is 9.98 Å². The van der Waals surface area contributed by atoms with Gasteiger partial charge in [0.15, 0.2) is 5.84 Å². The van der Waals surface area contributed by atoms with Gasteiger partial charge in [0.2, 0.25) is 5.96 Å². The molecule has 3 aliphatic rings. The third kappa shape index (κ3) is 2.34. The Bertz CT molecular complexity index is 524. The molecule has 0 radical (unpaired) electrons. The van der Waals surface area contributed by atoms with E-state index in [1.54, 1.807) is 6.21 Å². The quantitative estimate of drug-likeness (QED) is 0.673. The second-order valence-electron chi connectivity index (χ2n) is 4.98. The Morgan fingerprint density at radius 2 is 2.11 bits per heavy atom. The zero-order valence-electron chi connectivity index (χ0n) is 10.8. The predicted molar refractivity (Wildman–Crippen MR) is 72.8 cm³/mol. The first-order valence-corrected chi connectivity index (χ1v) is 6.30. The van der Waals surface area contributed by atoms with Crippen molar-refractivity contribution in [2.45, 2.75) is 0 Å². The summed E-state index contributed by atoms with van der Waals surface area (Å²) in [6, 6.07) is 0. The molecular weight excluding hydrogens is 244 g/mol. The third-order valence-electron chi connectivity index (χ3n) is 3.55. The van der Waals surface area contributed by atoms with Gasteiger partial charge in [-0.05, 0) is 7.05 Å². The second kappa shape index (κ2) is 4.67. The van der Waals surface area contributed by atoms with Crippen molar-refractivity contribution in [3.63, 3.8) is 0 Å². The van der Waals surface area contributed by atoms with Gasteiger partial charge in [-0.25, -0.2) is 4.99 Å². The normalized spacial score (nSPS) is 24.6. The van der Waals surface area contributed by atoms with Gasteiger partial charge in [0.1, 0.15) is 0 Å². The van der Waals surface area contributed by atoms with Crippen molar-refractivity contribution in [3.8, 4) is 0 Å². The number of carbonyl (C=O) groups is 1. The van der Waals surface area contributed by atoms with Crippen molar-refractivity contribution in [3.05, 3.63) is 11.1 Å². The molecule has 1 saturated heterocycles. The van der Waals surface area contributed by atoms with Gasteiger partial charge < -0.3 is 4.90 Å². The summed E-state index contributed by atoms with van der Waals surface area (Å²) >= 11 is 0. The zero-order chi connectivity index (χ0) is 13.4. The summed E-state index contributed by atoms with van der Waals surface area (Å²) < 4.78 is 0. The molecule has 0 saturated carbocycles. The predicted octanol–water partition coefficient (Wildman–Crippen LogP) is -0.922. The van der Waals surface area contributed by atoms with Crippen molar-refractivity contribution in [2.75, 3.05) is 39.8 Å². The lowest BCUT2D eigenvalue weighted by Crippen LogP contribution is -2.45. The van der Waals surface area contributed by atoms with Gasteiger partial charge in [-0.2, -0.15) is 4.99 Å². The fourth-order valence-corrected chi connectivity index (χ4v) is 2.41. The number of hydrogen-bond donors (Lipinski definition) is 2. The molecule has 2 N–H and O–H groups in total. The number of amidine groups is 1. The average Bonchev–Trinajstić information content (AvgIpc) is 2.75. The number of piperazine rings is 1. The van der Waals surface area contributed by atoms with Crippen LogP contribution in [0.25, 0.3) is 0 Å². The molecule has 3 rings (SSSR count). The largest absolute Gasteiger partial charge is 0.304 e. The van der Waals surface area contributed by atoms with E-state index in [1.165, 1.54) is 0 Å². The Hall–Kier alpha value is -1.86. The highest BCUT2D eigenvalue weighted by atomic mass is 16.2. The molecule has 0 atom stereocenters. The van der Waals surface area contributed by atoms with Crippen LogP contribution in [-0.4, -0.2) is 73.5 Å². The maximum atomic E-state index is 11.9. The van der Waals surface area contributed by atoms with Crippen LogP contribution in [0.15, 0.2) is 21.1 Å². The molecule has 3 aliphatic heterocycles. The Labute approximate surface area is 111 Å². The Kier molecular flexibility index (Phi) is 3.00. The molecule has 19 heavy (non-hydrogen) atoms. The van der Waals surface area contributed by atoms with E-state index < -0.39 is 0 Å². The van der Waals surface area contributed by atoms with Crippen LogP contribution in [0.2, 0.25) is 0 Å². The molecule has 1 fully saturated rings. The smallest absolute Gasteiger partial charge is 0.262 e. The number of fused-ring (bicyclic) bond motifs is 1. The molecule has 100 valence electrons. The fraction of sp³-hybridized carbons (Fsp3) is 0.500. The first kappa shape index (κ1) is 12.2. The van der Waals surface area contributed by atoms with E-state index in [2.05, 4.69) is 32.1 Å². The molecule has 0 bridgehead atoms. The number of hydrogen-bond acceptors (Lipinski definition) is 5.